The molecule has 0 fully saturated rings. The fraction of sp³-hybridized carbons (Fsp3) is 1.00. The molecule has 0 unspecified atom stereocenters. The van der Waals surface area contributed by atoms with E-state index in [0.717, 1.165) is 6.04 Å². The summed E-state index contributed by atoms with van der Waals surface area (Å²) in [5, 5.41) is 2.46. The predicted octanol–water partition coefficient (Wildman–Crippen LogP) is 0.972. The van der Waals surface area contributed by atoms with E-state index in [1.165, 1.54) is 25.8 Å². The molecule has 0 rings (SSSR count). The van der Waals surface area contributed by atoms with Gasteiger partial charge in [0.25, 0.3) is 0 Å². The molecule has 0 heterocycles. The summed E-state index contributed by atoms with van der Waals surface area (Å²) in [7, 11) is 0. The largest absolute Gasteiger partial charge is 0.870 e. The van der Waals surface area contributed by atoms with Gasteiger partial charge in [0.1, 0.15) is 0 Å². The average molecular weight is 147 g/mol. The molecular formula is C8H21NO. The van der Waals surface area contributed by atoms with E-state index in [9.17, 15) is 0 Å². The molecule has 0 aliphatic carbocycles. The summed E-state index contributed by atoms with van der Waals surface area (Å²) in [5.74, 6) is 0. The average Bonchev–Trinajstić information content (AvgIpc) is 1.91. The van der Waals surface area contributed by atoms with Crippen LogP contribution >= 0.6 is 0 Å². The zero-order valence-corrected chi connectivity index (χ0v) is 7.43. The molecule has 2 nitrogen and oxygen atoms in total. The third kappa shape index (κ3) is 6.05. The Labute approximate surface area is 64.3 Å². The van der Waals surface area contributed by atoms with Crippen molar-refractivity contribution < 1.29 is 10.8 Å². The summed E-state index contributed by atoms with van der Waals surface area (Å²) in [6, 6.07) is 0.880. The summed E-state index contributed by atoms with van der Waals surface area (Å²) >= 11 is 0. The molecule has 0 spiro atoms. The molecular weight excluding hydrogens is 126 g/mol. The molecule has 0 amide bonds. The second kappa shape index (κ2) is 8.92. The van der Waals surface area contributed by atoms with Gasteiger partial charge in [-0.1, -0.05) is 20.8 Å². The zero-order chi connectivity index (χ0) is 7.11. The van der Waals surface area contributed by atoms with Crippen LogP contribution in [0.25, 0.3) is 0 Å². The standard InChI is InChI=1S/C8H19N.H2O/c1-4-7-9-8(5-2)6-3;/h8-9H,4-7H2,1-3H3;1H2. The maximum atomic E-state index is 2.46. The summed E-state index contributed by atoms with van der Waals surface area (Å²) in [6.07, 6.45) is 3.93. The Balaban J connectivity index is 0. The van der Waals surface area contributed by atoms with Gasteiger partial charge in [0.05, 0.1) is 12.6 Å². The lowest BCUT2D eigenvalue weighted by Crippen LogP contribution is -2.89. The molecule has 0 bridgehead atoms. The summed E-state index contributed by atoms with van der Waals surface area (Å²) in [4.78, 5) is 0. The monoisotopic (exact) mass is 147 g/mol. The zero-order valence-electron chi connectivity index (χ0n) is 7.43. The van der Waals surface area contributed by atoms with Crippen molar-refractivity contribution in [2.24, 2.45) is 0 Å². The second-order valence-electron chi connectivity index (χ2n) is 2.60. The summed E-state index contributed by atoms with van der Waals surface area (Å²) in [5.41, 5.74) is 0. The smallest absolute Gasteiger partial charge is 0.0853 e. The van der Waals surface area contributed by atoms with Crippen LogP contribution in [-0.4, -0.2) is 18.1 Å². The van der Waals surface area contributed by atoms with E-state index in [2.05, 4.69) is 26.1 Å². The molecule has 2 heteroatoms. The minimum Gasteiger partial charge on any atom is -0.870 e. The van der Waals surface area contributed by atoms with E-state index in [0.29, 0.717) is 0 Å². The fourth-order valence-electron chi connectivity index (χ4n) is 1.02. The van der Waals surface area contributed by atoms with Crippen LogP contribution in [0.15, 0.2) is 0 Å². The van der Waals surface area contributed by atoms with Crippen LogP contribution in [0.1, 0.15) is 40.0 Å². The number of rotatable bonds is 5. The molecule has 0 aromatic carbocycles. The molecule has 0 aromatic heterocycles. The Bertz CT molecular complexity index is 53.2. The molecule has 0 aliphatic rings. The Morgan fingerprint density at radius 2 is 1.60 bits per heavy atom. The van der Waals surface area contributed by atoms with Crippen molar-refractivity contribution in [3.05, 3.63) is 0 Å². The first-order valence-corrected chi connectivity index (χ1v) is 4.18. The maximum Gasteiger partial charge on any atom is 0.0853 e. The van der Waals surface area contributed by atoms with Gasteiger partial charge in [0.15, 0.2) is 0 Å². The maximum absolute atomic E-state index is 2.46. The first-order chi connectivity index (χ1) is 4.35. The van der Waals surface area contributed by atoms with Gasteiger partial charge in [-0.2, -0.15) is 0 Å². The van der Waals surface area contributed by atoms with E-state index in [4.69, 9.17) is 0 Å². The van der Waals surface area contributed by atoms with Crippen molar-refractivity contribution in [3.63, 3.8) is 0 Å². The van der Waals surface area contributed by atoms with Crippen molar-refractivity contribution in [1.82, 2.24) is 0 Å². The van der Waals surface area contributed by atoms with Crippen LogP contribution in [0.4, 0.5) is 0 Å². The minimum absolute atomic E-state index is 0. The molecule has 0 saturated heterocycles. The van der Waals surface area contributed by atoms with Crippen LogP contribution in [0.2, 0.25) is 0 Å². The first-order valence-electron chi connectivity index (χ1n) is 4.18. The molecule has 10 heavy (non-hydrogen) atoms. The molecule has 0 radical (unpaired) electrons. The van der Waals surface area contributed by atoms with Crippen LogP contribution in [0.3, 0.4) is 0 Å². The Morgan fingerprint density at radius 1 is 1.10 bits per heavy atom. The van der Waals surface area contributed by atoms with Gasteiger partial charge >= 0.3 is 0 Å². The van der Waals surface area contributed by atoms with Gasteiger partial charge in [0, 0.05) is 0 Å². The summed E-state index contributed by atoms with van der Waals surface area (Å²) < 4.78 is 0. The predicted molar refractivity (Wildman–Crippen MR) is 43.4 cm³/mol. The van der Waals surface area contributed by atoms with Crippen LogP contribution < -0.4 is 5.32 Å². The fourth-order valence-corrected chi connectivity index (χ4v) is 1.02. The van der Waals surface area contributed by atoms with Gasteiger partial charge in [0.2, 0.25) is 0 Å². The van der Waals surface area contributed by atoms with Crippen molar-refractivity contribution in [2.45, 2.75) is 46.1 Å². The SMILES string of the molecule is CCC[NH2+]C(CC)CC.[OH-]. The highest BCUT2D eigenvalue weighted by Crippen LogP contribution is 1.88. The third-order valence-corrected chi connectivity index (χ3v) is 1.84. The highest BCUT2D eigenvalue weighted by Gasteiger charge is 2.02. The molecule has 64 valence electrons. The number of quaternary nitrogens is 1. The van der Waals surface area contributed by atoms with Crippen LogP contribution in [0, 0.1) is 0 Å². The van der Waals surface area contributed by atoms with Crippen molar-refractivity contribution >= 4 is 0 Å². The Kier molecular flexibility index (Phi) is 11.2. The summed E-state index contributed by atoms with van der Waals surface area (Å²) in [6.45, 7) is 8.06. The van der Waals surface area contributed by atoms with E-state index in [1.807, 2.05) is 0 Å². The molecule has 0 atom stereocenters. The van der Waals surface area contributed by atoms with Crippen LogP contribution in [-0.2, 0) is 0 Å². The van der Waals surface area contributed by atoms with E-state index < -0.39 is 0 Å². The normalized spacial score (nSPS) is 9.60. The van der Waals surface area contributed by atoms with E-state index in [-0.39, 0.29) is 5.48 Å². The van der Waals surface area contributed by atoms with Gasteiger partial charge in [-0.05, 0) is 19.3 Å². The highest BCUT2D eigenvalue weighted by atomic mass is 16.0. The van der Waals surface area contributed by atoms with Gasteiger partial charge in [-0.15, -0.1) is 0 Å². The molecule has 0 aliphatic heterocycles. The lowest BCUT2D eigenvalue weighted by Gasteiger charge is -2.09. The van der Waals surface area contributed by atoms with Crippen LogP contribution in [0.5, 0.6) is 0 Å². The minimum atomic E-state index is 0. The molecule has 0 saturated carbocycles. The number of hydrogen-bond acceptors (Lipinski definition) is 1. The van der Waals surface area contributed by atoms with Gasteiger partial charge < -0.3 is 10.8 Å². The van der Waals surface area contributed by atoms with Gasteiger partial charge in [-0.25, -0.2) is 0 Å². The lowest BCUT2D eigenvalue weighted by molar-refractivity contribution is -0.689. The molecule has 3 N–H and O–H groups in total. The quantitative estimate of drug-likeness (QED) is 0.619. The lowest BCUT2D eigenvalue weighted by atomic mass is 10.2. The van der Waals surface area contributed by atoms with Crippen molar-refractivity contribution in [2.75, 3.05) is 6.54 Å². The first kappa shape index (κ1) is 12.6. The van der Waals surface area contributed by atoms with E-state index in [1.54, 1.807) is 0 Å². The number of hydrogen-bond donors (Lipinski definition) is 1. The number of nitrogens with two attached hydrogens (primary N) is 1. The topological polar surface area (TPSA) is 46.6 Å². The highest BCUT2D eigenvalue weighted by molar-refractivity contribution is 4.44. The van der Waals surface area contributed by atoms with E-state index >= 15 is 0 Å². The third-order valence-electron chi connectivity index (χ3n) is 1.84. The Morgan fingerprint density at radius 3 is 1.90 bits per heavy atom. The second-order valence-corrected chi connectivity index (χ2v) is 2.60. The van der Waals surface area contributed by atoms with Crippen molar-refractivity contribution in [1.29, 1.82) is 0 Å². The van der Waals surface area contributed by atoms with Gasteiger partial charge in [-0.3, -0.25) is 0 Å². The van der Waals surface area contributed by atoms with Crippen molar-refractivity contribution in [3.8, 4) is 0 Å². The Hall–Kier alpha value is -0.0800. The molecule has 0 aromatic rings.